The predicted molar refractivity (Wildman–Crippen MR) is 97.9 cm³/mol. The van der Waals surface area contributed by atoms with Crippen LogP contribution in [0.4, 0.5) is 0 Å². The molecule has 2 aromatic rings. The Labute approximate surface area is 145 Å². The maximum atomic E-state index is 5.33. The van der Waals surface area contributed by atoms with Crippen LogP contribution in [0.15, 0.2) is 41.0 Å². The van der Waals surface area contributed by atoms with Gasteiger partial charge < -0.3 is 10.6 Å². The Morgan fingerprint density at radius 1 is 1.36 bits per heavy atom. The lowest BCUT2D eigenvalue weighted by Gasteiger charge is -2.17. The molecule has 118 valence electrons. The highest BCUT2D eigenvalue weighted by atomic mass is 79.9. The highest BCUT2D eigenvalue weighted by Gasteiger charge is 2.06. The number of thiocarbonyl (C=S) groups is 1. The molecular weight excluding hydrogens is 360 g/mol. The monoisotopic (exact) mass is 380 g/mol. The van der Waals surface area contributed by atoms with E-state index < -0.39 is 0 Å². The summed E-state index contributed by atoms with van der Waals surface area (Å²) >= 11 is 8.80. The first-order valence-electron chi connectivity index (χ1n) is 7.35. The molecule has 22 heavy (non-hydrogen) atoms. The van der Waals surface area contributed by atoms with Gasteiger partial charge in [-0.3, -0.25) is 4.68 Å². The highest BCUT2D eigenvalue weighted by molar-refractivity contribution is 9.10. The number of hydrogen-bond acceptors (Lipinski definition) is 2. The molecule has 2 rings (SSSR count). The van der Waals surface area contributed by atoms with E-state index in [1.165, 1.54) is 5.56 Å². The minimum absolute atomic E-state index is 0.200. The number of aryl methyl sites for hydroxylation is 2. The van der Waals surface area contributed by atoms with Crippen molar-refractivity contribution in [1.29, 1.82) is 0 Å². The van der Waals surface area contributed by atoms with Crippen molar-refractivity contribution in [1.82, 2.24) is 20.4 Å². The molecule has 0 bridgehead atoms. The Morgan fingerprint density at radius 2 is 2.09 bits per heavy atom. The van der Waals surface area contributed by atoms with Crippen molar-refractivity contribution in [2.45, 2.75) is 32.9 Å². The van der Waals surface area contributed by atoms with E-state index >= 15 is 0 Å². The van der Waals surface area contributed by atoms with Gasteiger partial charge in [0.1, 0.15) is 0 Å². The Hall–Kier alpha value is -1.40. The highest BCUT2D eigenvalue weighted by Crippen LogP contribution is 2.13. The SMILES string of the molecule is Cc1nn(CCCNC(=S)NC(C)c2ccccc2)cc1Br. The number of aromatic nitrogens is 2. The van der Waals surface area contributed by atoms with E-state index in [1.807, 2.05) is 36.0 Å². The maximum absolute atomic E-state index is 5.33. The van der Waals surface area contributed by atoms with E-state index in [0.717, 1.165) is 29.7 Å². The molecule has 1 aromatic carbocycles. The van der Waals surface area contributed by atoms with E-state index in [-0.39, 0.29) is 6.04 Å². The number of nitrogens with zero attached hydrogens (tertiary/aromatic N) is 2. The Kier molecular flexibility index (Phi) is 6.39. The van der Waals surface area contributed by atoms with Gasteiger partial charge in [-0.15, -0.1) is 0 Å². The van der Waals surface area contributed by atoms with Crippen LogP contribution in [-0.2, 0) is 6.54 Å². The summed E-state index contributed by atoms with van der Waals surface area (Å²) in [5.74, 6) is 0. The van der Waals surface area contributed by atoms with Crippen LogP contribution in [0.25, 0.3) is 0 Å². The van der Waals surface area contributed by atoms with Crippen LogP contribution in [0.3, 0.4) is 0 Å². The standard InChI is InChI=1S/C16H21BrN4S/c1-12(14-7-4-3-5-8-14)19-16(22)18-9-6-10-21-11-15(17)13(2)20-21/h3-5,7-8,11-12H,6,9-10H2,1-2H3,(H2,18,19,22). The summed E-state index contributed by atoms with van der Waals surface area (Å²) < 4.78 is 3.00. The summed E-state index contributed by atoms with van der Waals surface area (Å²) in [4.78, 5) is 0. The summed E-state index contributed by atoms with van der Waals surface area (Å²) in [5.41, 5.74) is 2.24. The van der Waals surface area contributed by atoms with Gasteiger partial charge in [-0.2, -0.15) is 5.10 Å². The first-order valence-corrected chi connectivity index (χ1v) is 8.55. The van der Waals surface area contributed by atoms with Crippen molar-refractivity contribution in [3.63, 3.8) is 0 Å². The summed E-state index contributed by atoms with van der Waals surface area (Å²) in [7, 11) is 0. The van der Waals surface area contributed by atoms with Gasteiger partial charge in [-0.1, -0.05) is 30.3 Å². The molecule has 0 fully saturated rings. The molecule has 0 aliphatic carbocycles. The average Bonchev–Trinajstić information content (AvgIpc) is 2.83. The van der Waals surface area contributed by atoms with Crippen molar-refractivity contribution in [3.8, 4) is 0 Å². The van der Waals surface area contributed by atoms with E-state index in [9.17, 15) is 0 Å². The van der Waals surface area contributed by atoms with Crippen molar-refractivity contribution < 1.29 is 0 Å². The zero-order chi connectivity index (χ0) is 15.9. The largest absolute Gasteiger partial charge is 0.363 e. The van der Waals surface area contributed by atoms with E-state index in [1.54, 1.807) is 0 Å². The Morgan fingerprint density at radius 3 is 2.73 bits per heavy atom. The van der Waals surface area contributed by atoms with Crippen LogP contribution >= 0.6 is 28.1 Å². The first kappa shape index (κ1) is 17.0. The van der Waals surface area contributed by atoms with Crippen LogP contribution in [0.1, 0.15) is 30.6 Å². The Bertz CT molecular complexity index is 592. The fourth-order valence-electron chi connectivity index (χ4n) is 2.12. The number of rotatable bonds is 6. The fourth-order valence-corrected chi connectivity index (χ4v) is 2.72. The fraction of sp³-hybridized carbons (Fsp3) is 0.375. The normalized spacial score (nSPS) is 12.0. The minimum atomic E-state index is 0.200. The lowest BCUT2D eigenvalue weighted by Crippen LogP contribution is -2.37. The molecule has 1 atom stereocenters. The smallest absolute Gasteiger partial charge is 0.166 e. The summed E-state index contributed by atoms with van der Waals surface area (Å²) in [6.07, 6.45) is 2.97. The van der Waals surface area contributed by atoms with Gasteiger partial charge in [-0.25, -0.2) is 0 Å². The van der Waals surface area contributed by atoms with Crippen LogP contribution in [-0.4, -0.2) is 21.4 Å². The van der Waals surface area contributed by atoms with Gasteiger partial charge in [0.2, 0.25) is 0 Å². The first-order chi connectivity index (χ1) is 10.6. The molecule has 0 saturated heterocycles. The predicted octanol–water partition coefficient (Wildman–Crippen LogP) is 3.57. The van der Waals surface area contributed by atoms with Gasteiger partial charge in [0.25, 0.3) is 0 Å². The van der Waals surface area contributed by atoms with Gasteiger partial charge in [0.05, 0.1) is 16.2 Å². The van der Waals surface area contributed by atoms with Gasteiger partial charge in [0, 0.05) is 19.3 Å². The minimum Gasteiger partial charge on any atom is -0.363 e. The second kappa shape index (κ2) is 8.29. The van der Waals surface area contributed by atoms with Crippen molar-refractivity contribution in [2.24, 2.45) is 0 Å². The second-order valence-corrected chi connectivity index (χ2v) is 6.47. The zero-order valence-corrected chi connectivity index (χ0v) is 15.2. The van der Waals surface area contributed by atoms with Gasteiger partial charge >= 0.3 is 0 Å². The lowest BCUT2D eigenvalue weighted by molar-refractivity contribution is 0.566. The molecule has 1 unspecified atom stereocenters. The molecule has 4 nitrogen and oxygen atoms in total. The van der Waals surface area contributed by atoms with E-state index in [0.29, 0.717) is 5.11 Å². The molecule has 0 spiro atoms. The molecule has 0 radical (unpaired) electrons. The number of halogens is 1. The van der Waals surface area contributed by atoms with Crippen molar-refractivity contribution in [2.75, 3.05) is 6.54 Å². The second-order valence-electron chi connectivity index (χ2n) is 5.21. The van der Waals surface area contributed by atoms with Crippen LogP contribution < -0.4 is 10.6 Å². The number of nitrogens with one attached hydrogen (secondary N) is 2. The maximum Gasteiger partial charge on any atom is 0.166 e. The van der Waals surface area contributed by atoms with Crippen molar-refractivity contribution in [3.05, 3.63) is 52.3 Å². The lowest BCUT2D eigenvalue weighted by atomic mass is 10.1. The molecule has 1 heterocycles. The summed E-state index contributed by atoms with van der Waals surface area (Å²) in [5, 5.41) is 11.6. The van der Waals surface area contributed by atoms with Crippen LogP contribution in [0.5, 0.6) is 0 Å². The molecule has 0 aliphatic heterocycles. The summed E-state index contributed by atoms with van der Waals surface area (Å²) in [6, 6.07) is 10.5. The molecule has 0 aliphatic rings. The summed E-state index contributed by atoms with van der Waals surface area (Å²) in [6.45, 7) is 5.79. The zero-order valence-electron chi connectivity index (χ0n) is 12.8. The number of benzene rings is 1. The topological polar surface area (TPSA) is 41.9 Å². The quantitative estimate of drug-likeness (QED) is 0.593. The van der Waals surface area contributed by atoms with Crippen LogP contribution in [0, 0.1) is 6.92 Å². The van der Waals surface area contributed by atoms with E-state index in [4.69, 9.17) is 12.2 Å². The Balaban J connectivity index is 1.67. The van der Waals surface area contributed by atoms with Crippen LogP contribution in [0.2, 0.25) is 0 Å². The molecule has 0 saturated carbocycles. The van der Waals surface area contributed by atoms with Crippen molar-refractivity contribution >= 4 is 33.3 Å². The average molecular weight is 381 g/mol. The third-order valence-electron chi connectivity index (χ3n) is 3.38. The van der Waals surface area contributed by atoms with Gasteiger partial charge in [0.15, 0.2) is 5.11 Å². The third-order valence-corrected chi connectivity index (χ3v) is 4.42. The van der Waals surface area contributed by atoms with Gasteiger partial charge in [-0.05, 0) is 54.0 Å². The molecular formula is C16H21BrN4S. The molecule has 0 amide bonds. The van der Waals surface area contributed by atoms with E-state index in [2.05, 4.69) is 50.7 Å². The molecule has 1 aromatic heterocycles. The molecule has 6 heteroatoms. The third kappa shape index (κ3) is 5.10. The number of hydrogen-bond donors (Lipinski definition) is 2. The molecule has 2 N–H and O–H groups in total.